The lowest BCUT2D eigenvalue weighted by Crippen LogP contribution is -2.27. The molecule has 0 heterocycles. The number of carbonyl (C=O) groups excluding carboxylic acids is 1. The maximum atomic E-state index is 12.2. The van der Waals surface area contributed by atoms with Gasteiger partial charge in [-0.1, -0.05) is 225 Å². The second-order valence-electron chi connectivity index (χ2n) is 15.8. The van der Waals surface area contributed by atoms with Crippen LogP contribution in [0.2, 0.25) is 0 Å². The Bertz CT molecular complexity index is 677. The van der Waals surface area contributed by atoms with Crippen molar-refractivity contribution in [3.63, 3.8) is 0 Å². The summed E-state index contributed by atoms with van der Waals surface area (Å²) in [5.41, 5.74) is 0. The molecular formula is C47H92O4. The van der Waals surface area contributed by atoms with Crippen molar-refractivity contribution in [3.05, 3.63) is 12.2 Å². The second-order valence-corrected chi connectivity index (χ2v) is 15.8. The molecule has 1 unspecified atom stereocenters. The third-order valence-electron chi connectivity index (χ3n) is 10.6. The first-order chi connectivity index (χ1) is 25.2. The molecule has 1 N–H and O–H groups in total. The van der Waals surface area contributed by atoms with Gasteiger partial charge in [-0.3, -0.25) is 4.79 Å². The Balaban J connectivity index is 3.34. The van der Waals surface area contributed by atoms with E-state index in [1.807, 2.05) is 0 Å². The minimum atomic E-state index is -0.531. The van der Waals surface area contributed by atoms with Gasteiger partial charge in [0.2, 0.25) is 0 Å². The van der Waals surface area contributed by atoms with Crippen molar-refractivity contribution in [2.45, 2.75) is 264 Å². The smallest absolute Gasteiger partial charge is 0.306 e. The van der Waals surface area contributed by atoms with Crippen molar-refractivity contribution in [2.75, 3.05) is 19.8 Å². The summed E-state index contributed by atoms with van der Waals surface area (Å²) >= 11 is 0. The van der Waals surface area contributed by atoms with Gasteiger partial charge in [-0.05, 0) is 38.5 Å². The lowest BCUT2D eigenvalue weighted by molar-refractivity contribution is -0.154. The average Bonchev–Trinajstić information content (AvgIpc) is 3.14. The van der Waals surface area contributed by atoms with Gasteiger partial charge in [0.1, 0.15) is 6.10 Å². The first-order valence-electron chi connectivity index (χ1n) is 23.3. The number of aliphatic hydroxyl groups is 1. The summed E-state index contributed by atoms with van der Waals surface area (Å²) in [5.74, 6) is -0.196. The highest BCUT2D eigenvalue weighted by molar-refractivity contribution is 5.69. The van der Waals surface area contributed by atoms with E-state index in [1.165, 1.54) is 218 Å². The van der Waals surface area contributed by atoms with Crippen LogP contribution in [0.5, 0.6) is 0 Å². The van der Waals surface area contributed by atoms with Crippen molar-refractivity contribution >= 4 is 5.97 Å². The van der Waals surface area contributed by atoms with E-state index in [2.05, 4.69) is 26.0 Å². The molecule has 0 spiro atoms. The Morgan fingerprint density at radius 2 is 0.765 bits per heavy atom. The molecule has 0 fully saturated rings. The van der Waals surface area contributed by atoms with Gasteiger partial charge in [0.05, 0.1) is 13.2 Å². The highest BCUT2D eigenvalue weighted by Gasteiger charge is 2.13. The minimum Gasteiger partial charge on any atom is -0.457 e. The standard InChI is InChI=1S/C47H92O4/c1-3-5-7-9-11-13-15-17-19-20-21-22-23-24-25-26-27-28-29-30-32-34-36-38-40-42-47(49)51-46(44-48)45-50-43-41-39-37-35-33-31-18-16-14-12-10-8-6-4-2/h14,16,46,48H,3-13,15,17-45H2,1-2H3/b16-14-. The summed E-state index contributed by atoms with van der Waals surface area (Å²) in [6.07, 6.45) is 54.3. The number of hydrogen-bond donors (Lipinski definition) is 1. The summed E-state index contributed by atoms with van der Waals surface area (Å²) in [7, 11) is 0. The van der Waals surface area contributed by atoms with Gasteiger partial charge in [-0.15, -0.1) is 0 Å². The van der Waals surface area contributed by atoms with Crippen molar-refractivity contribution in [3.8, 4) is 0 Å². The maximum Gasteiger partial charge on any atom is 0.306 e. The molecule has 304 valence electrons. The van der Waals surface area contributed by atoms with Crippen LogP contribution in [-0.2, 0) is 14.3 Å². The topological polar surface area (TPSA) is 55.8 Å². The Labute approximate surface area is 320 Å². The molecule has 0 aromatic carbocycles. The highest BCUT2D eigenvalue weighted by Crippen LogP contribution is 2.16. The van der Waals surface area contributed by atoms with Gasteiger partial charge in [-0.2, -0.15) is 0 Å². The molecule has 1 atom stereocenters. The molecule has 0 radical (unpaired) electrons. The van der Waals surface area contributed by atoms with E-state index in [1.54, 1.807) is 0 Å². The molecule has 4 nitrogen and oxygen atoms in total. The second kappa shape index (κ2) is 45.3. The molecule has 0 aromatic rings. The van der Waals surface area contributed by atoms with Crippen LogP contribution in [0.4, 0.5) is 0 Å². The lowest BCUT2D eigenvalue weighted by Gasteiger charge is -2.15. The third kappa shape index (κ3) is 43.4. The third-order valence-corrected chi connectivity index (χ3v) is 10.6. The van der Waals surface area contributed by atoms with Crippen molar-refractivity contribution in [1.29, 1.82) is 0 Å². The largest absolute Gasteiger partial charge is 0.457 e. The number of aliphatic hydroxyl groups excluding tert-OH is 1. The molecule has 51 heavy (non-hydrogen) atoms. The van der Waals surface area contributed by atoms with Crippen LogP contribution in [0.25, 0.3) is 0 Å². The van der Waals surface area contributed by atoms with E-state index >= 15 is 0 Å². The van der Waals surface area contributed by atoms with Gasteiger partial charge < -0.3 is 14.6 Å². The van der Waals surface area contributed by atoms with Gasteiger partial charge in [0.25, 0.3) is 0 Å². The zero-order valence-corrected chi connectivity index (χ0v) is 34.9. The van der Waals surface area contributed by atoms with Crippen LogP contribution >= 0.6 is 0 Å². The fourth-order valence-electron chi connectivity index (χ4n) is 7.09. The average molecular weight is 721 g/mol. The van der Waals surface area contributed by atoms with Crippen LogP contribution in [0, 0.1) is 0 Å². The number of ether oxygens (including phenoxy) is 2. The van der Waals surface area contributed by atoms with Gasteiger partial charge >= 0.3 is 5.97 Å². The number of hydrogen-bond acceptors (Lipinski definition) is 4. The van der Waals surface area contributed by atoms with Gasteiger partial charge in [0, 0.05) is 13.0 Å². The summed E-state index contributed by atoms with van der Waals surface area (Å²) in [5, 5.41) is 9.60. The highest BCUT2D eigenvalue weighted by atomic mass is 16.6. The summed E-state index contributed by atoms with van der Waals surface area (Å²) in [6, 6.07) is 0. The zero-order valence-electron chi connectivity index (χ0n) is 34.9. The van der Waals surface area contributed by atoms with Crippen molar-refractivity contribution in [2.24, 2.45) is 0 Å². The van der Waals surface area contributed by atoms with E-state index in [9.17, 15) is 9.90 Å². The monoisotopic (exact) mass is 721 g/mol. The van der Waals surface area contributed by atoms with Gasteiger partial charge in [-0.25, -0.2) is 0 Å². The first kappa shape index (κ1) is 50.1. The fourth-order valence-corrected chi connectivity index (χ4v) is 7.09. The van der Waals surface area contributed by atoms with Crippen LogP contribution in [-0.4, -0.2) is 37.0 Å². The summed E-state index contributed by atoms with van der Waals surface area (Å²) < 4.78 is 11.2. The molecule has 0 aliphatic heterocycles. The molecule has 4 heteroatoms. The number of allylic oxidation sites excluding steroid dienone is 2. The van der Waals surface area contributed by atoms with Crippen LogP contribution in [0.1, 0.15) is 258 Å². The summed E-state index contributed by atoms with van der Waals surface area (Å²) in [6.45, 7) is 5.37. The Morgan fingerprint density at radius 3 is 1.14 bits per heavy atom. The molecule has 0 aliphatic carbocycles. The van der Waals surface area contributed by atoms with Crippen molar-refractivity contribution < 1.29 is 19.4 Å². The SMILES string of the molecule is CCCCCC/C=C\CCCCCCCCOCC(CO)OC(=O)CCCCCCCCCCCCCCCCCCCCCCCCCCC. The number of esters is 1. The van der Waals surface area contributed by atoms with E-state index in [0.717, 1.165) is 19.3 Å². The maximum absolute atomic E-state index is 12.2. The normalized spacial score (nSPS) is 12.3. The fraction of sp³-hybridized carbons (Fsp3) is 0.936. The van der Waals surface area contributed by atoms with Crippen LogP contribution in [0.3, 0.4) is 0 Å². The van der Waals surface area contributed by atoms with E-state index in [-0.39, 0.29) is 12.6 Å². The molecule has 0 amide bonds. The molecule has 0 saturated heterocycles. The van der Waals surface area contributed by atoms with E-state index < -0.39 is 6.10 Å². The van der Waals surface area contributed by atoms with E-state index in [0.29, 0.717) is 19.6 Å². The summed E-state index contributed by atoms with van der Waals surface area (Å²) in [4.78, 5) is 12.2. The zero-order chi connectivity index (χ0) is 37.0. The predicted octanol–water partition coefficient (Wildman–Crippen LogP) is 15.3. The Kier molecular flexibility index (Phi) is 44.5. The molecule has 0 rings (SSSR count). The lowest BCUT2D eigenvalue weighted by atomic mass is 10.0. The molecular weight excluding hydrogens is 629 g/mol. The molecule has 0 bridgehead atoms. The minimum absolute atomic E-state index is 0.168. The van der Waals surface area contributed by atoms with Crippen molar-refractivity contribution in [1.82, 2.24) is 0 Å². The molecule has 0 aliphatic rings. The first-order valence-corrected chi connectivity index (χ1v) is 23.3. The van der Waals surface area contributed by atoms with Gasteiger partial charge in [0.15, 0.2) is 0 Å². The molecule has 0 aromatic heterocycles. The number of rotatable bonds is 44. The quantitative estimate of drug-likeness (QED) is 0.0387. The van der Waals surface area contributed by atoms with E-state index in [4.69, 9.17) is 9.47 Å². The molecule has 0 saturated carbocycles. The predicted molar refractivity (Wildman–Crippen MR) is 224 cm³/mol. The Morgan fingerprint density at radius 1 is 0.451 bits per heavy atom. The van der Waals surface area contributed by atoms with Crippen LogP contribution in [0.15, 0.2) is 12.2 Å². The number of carbonyl (C=O) groups is 1. The number of unbranched alkanes of at least 4 members (excludes halogenated alkanes) is 34. The van der Waals surface area contributed by atoms with Crippen LogP contribution < -0.4 is 0 Å². The Hall–Kier alpha value is -0.870.